The molecule has 0 saturated heterocycles. The van der Waals surface area contributed by atoms with Crippen molar-refractivity contribution in [3.8, 4) is 0 Å². The molecule has 5 nitrogen and oxygen atoms in total. The predicted molar refractivity (Wildman–Crippen MR) is 92.3 cm³/mol. The maximum Gasteiger partial charge on any atom is 0.338 e. The standard InChI is InChI=1S/C18H21NO4S/c1-4-19-24(21,22)16-9-8-14(3)17(11-16)18(20)23-12-15-7-5-6-13(2)10-15/h5-11,19H,4,12H2,1-3H3. The molecule has 0 heterocycles. The number of carbonyl (C=O) groups is 1. The Labute approximate surface area is 142 Å². The normalized spacial score (nSPS) is 11.3. The van der Waals surface area contributed by atoms with Crippen molar-refractivity contribution >= 4 is 16.0 Å². The number of rotatable bonds is 6. The highest BCUT2D eigenvalue weighted by Gasteiger charge is 2.18. The highest BCUT2D eigenvalue weighted by Crippen LogP contribution is 2.17. The Hall–Kier alpha value is -2.18. The molecule has 0 aliphatic heterocycles. The highest BCUT2D eigenvalue weighted by molar-refractivity contribution is 7.89. The van der Waals surface area contributed by atoms with Crippen LogP contribution < -0.4 is 4.72 Å². The Morgan fingerprint density at radius 2 is 1.88 bits per heavy atom. The Bertz CT molecular complexity index is 844. The van der Waals surface area contributed by atoms with Crippen LogP contribution in [0.15, 0.2) is 47.4 Å². The lowest BCUT2D eigenvalue weighted by atomic mass is 10.1. The first-order chi connectivity index (χ1) is 11.3. The second kappa shape index (κ2) is 7.59. The number of esters is 1. The SMILES string of the molecule is CCNS(=O)(=O)c1ccc(C)c(C(=O)OCc2cccc(C)c2)c1. The van der Waals surface area contributed by atoms with Gasteiger partial charge in [0.25, 0.3) is 0 Å². The van der Waals surface area contributed by atoms with Crippen LogP contribution >= 0.6 is 0 Å². The minimum absolute atomic E-state index is 0.0532. The number of nitrogens with one attached hydrogen (secondary N) is 1. The van der Waals surface area contributed by atoms with E-state index in [9.17, 15) is 13.2 Å². The molecule has 24 heavy (non-hydrogen) atoms. The molecule has 2 aromatic carbocycles. The first-order valence-corrected chi connectivity index (χ1v) is 9.15. The van der Waals surface area contributed by atoms with Crippen molar-refractivity contribution < 1.29 is 17.9 Å². The van der Waals surface area contributed by atoms with Gasteiger partial charge in [-0.2, -0.15) is 0 Å². The van der Waals surface area contributed by atoms with Crippen molar-refractivity contribution in [1.29, 1.82) is 0 Å². The van der Waals surface area contributed by atoms with Crippen molar-refractivity contribution in [2.45, 2.75) is 32.3 Å². The van der Waals surface area contributed by atoms with E-state index in [1.165, 1.54) is 12.1 Å². The van der Waals surface area contributed by atoms with Crippen molar-refractivity contribution in [2.24, 2.45) is 0 Å². The third-order valence-corrected chi connectivity index (χ3v) is 5.07. The molecule has 6 heteroatoms. The second-order valence-electron chi connectivity index (χ2n) is 5.54. The number of hydrogen-bond acceptors (Lipinski definition) is 4. The number of aryl methyl sites for hydroxylation is 2. The van der Waals surface area contributed by atoms with Crippen LogP contribution in [0.3, 0.4) is 0 Å². The maximum absolute atomic E-state index is 12.3. The van der Waals surface area contributed by atoms with Crippen LogP contribution in [0.2, 0.25) is 0 Å². The van der Waals surface area contributed by atoms with Gasteiger partial charge in [0, 0.05) is 6.54 Å². The summed E-state index contributed by atoms with van der Waals surface area (Å²) in [4.78, 5) is 12.4. The molecule has 0 aliphatic carbocycles. The van der Waals surface area contributed by atoms with Gasteiger partial charge in [-0.3, -0.25) is 0 Å². The number of ether oxygens (including phenoxy) is 1. The van der Waals surface area contributed by atoms with Crippen LogP contribution in [0, 0.1) is 13.8 Å². The third-order valence-electron chi connectivity index (χ3n) is 3.53. The average Bonchev–Trinajstić information content (AvgIpc) is 2.53. The fourth-order valence-corrected chi connectivity index (χ4v) is 3.36. The molecule has 0 bridgehead atoms. The van der Waals surface area contributed by atoms with Gasteiger partial charge in [0.05, 0.1) is 10.5 Å². The van der Waals surface area contributed by atoms with E-state index in [1.54, 1.807) is 19.9 Å². The molecule has 0 radical (unpaired) electrons. The van der Waals surface area contributed by atoms with Gasteiger partial charge in [0.1, 0.15) is 6.61 Å². The first kappa shape index (κ1) is 18.2. The van der Waals surface area contributed by atoms with Crippen molar-refractivity contribution in [3.05, 3.63) is 64.7 Å². The fourth-order valence-electron chi connectivity index (χ4n) is 2.29. The van der Waals surface area contributed by atoms with Crippen LogP contribution in [0.4, 0.5) is 0 Å². The van der Waals surface area contributed by atoms with E-state index in [4.69, 9.17) is 4.74 Å². The van der Waals surface area contributed by atoms with E-state index in [2.05, 4.69) is 4.72 Å². The van der Waals surface area contributed by atoms with Crippen LogP contribution in [0.25, 0.3) is 0 Å². The zero-order valence-electron chi connectivity index (χ0n) is 14.0. The topological polar surface area (TPSA) is 72.5 Å². The van der Waals surface area contributed by atoms with E-state index in [0.29, 0.717) is 5.56 Å². The van der Waals surface area contributed by atoms with E-state index in [0.717, 1.165) is 11.1 Å². The van der Waals surface area contributed by atoms with Gasteiger partial charge in [-0.15, -0.1) is 0 Å². The summed E-state index contributed by atoms with van der Waals surface area (Å²) in [5.74, 6) is -0.539. The van der Waals surface area contributed by atoms with Gasteiger partial charge in [-0.1, -0.05) is 42.8 Å². The van der Waals surface area contributed by atoms with Crippen LogP contribution in [-0.4, -0.2) is 20.9 Å². The zero-order chi connectivity index (χ0) is 17.7. The van der Waals surface area contributed by atoms with E-state index in [-0.39, 0.29) is 23.6 Å². The largest absolute Gasteiger partial charge is 0.457 e. The Morgan fingerprint density at radius 3 is 2.54 bits per heavy atom. The molecular weight excluding hydrogens is 326 g/mol. The highest BCUT2D eigenvalue weighted by atomic mass is 32.2. The molecule has 0 aromatic heterocycles. The molecule has 1 N–H and O–H groups in total. The Balaban J connectivity index is 2.20. The van der Waals surface area contributed by atoms with Gasteiger partial charge < -0.3 is 4.74 Å². The van der Waals surface area contributed by atoms with Crippen LogP contribution in [0.5, 0.6) is 0 Å². The van der Waals surface area contributed by atoms with Crippen LogP contribution in [0.1, 0.15) is 34.0 Å². The smallest absolute Gasteiger partial charge is 0.338 e. The molecule has 2 aromatic rings. The lowest BCUT2D eigenvalue weighted by molar-refractivity contribution is 0.0471. The summed E-state index contributed by atoms with van der Waals surface area (Å²) in [6, 6.07) is 12.1. The van der Waals surface area contributed by atoms with Crippen molar-refractivity contribution in [1.82, 2.24) is 4.72 Å². The molecule has 0 amide bonds. The molecule has 128 valence electrons. The number of benzene rings is 2. The third kappa shape index (κ3) is 4.43. The molecule has 2 rings (SSSR count). The van der Waals surface area contributed by atoms with Gasteiger partial charge in [-0.05, 0) is 37.1 Å². The zero-order valence-corrected chi connectivity index (χ0v) is 14.8. The summed E-state index contributed by atoms with van der Waals surface area (Å²) in [5, 5.41) is 0. The second-order valence-corrected chi connectivity index (χ2v) is 7.31. The monoisotopic (exact) mass is 347 g/mol. The summed E-state index contributed by atoms with van der Waals surface area (Å²) in [6.07, 6.45) is 0. The fraction of sp³-hybridized carbons (Fsp3) is 0.278. The van der Waals surface area contributed by atoms with E-state index in [1.807, 2.05) is 31.2 Å². The van der Waals surface area contributed by atoms with Gasteiger partial charge in [-0.25, -0.2) is 17.9 Å². The summed E-state index contributed by atoms with van der Waals surface area (Å²) in [5.41, 5.74) is 2.89. The molecule has 0 saturated carbocycles. The number of carbonyl (C=O) groups excluding carboxylic acids is 1. The Kier molecular flexibility index (Phi) is 5.75. The number of sulfonamides is 1. The average molecular weight is 347 g/mol. The molecular formula is C18H21NO4S. The van der Waals surface area contributed by atoms with Gasteiger partial charge in [0.15, 0.2) is 0 Å². The van der Waals surface area contributed by atoms with Gasteiger partial charge in [0.2, 0.25) is 10.0 Å². The van der Waals surface area contributed by atoms with E-state index < -0.39 is 16.0 Å². The Morgan fingerprint density at radius 1 is 1.12 bits per heavy atom. The molecule has 0 spiro atoms. The predicted octanol–water partition coefficient (Wildman–Crippen LogP) is 2.96. The minimum atomic E-state index is -3.61. The van der Waals surface area contributed by atoms with Crippen LogP contribution in [-0.2, 0) is 21.4 Å². The summed E-state index contributed by atoms with van der Waals surface area (Å²) in [7, 11) is -3.61. The summed E-state index contributed by atoms with van der Waals surface area (Å²) >= 11 is 0. The molecule has 0 aliphatic rings. The van der Waals surface area contributed by atoms with Crippen molar-refractivity contribution in [3.63, 3.8) is 0 Å². The molecule has 0 atom stereocenters. The first-order valence-electron chi connectivity index (χ1n) is 7.66. The number of hydrogen-bond donors (Lipinski definition) is 1. The maximum atomic E-state index is 12.3. The quantitative estimate of drug-likeness (QED) is 0.816. The summed E-state index contributed by atoms with van der Waals surface area (Å²) in [6.45, 7) is 5.83. The summed E-state index contributed by atoms with van der Waals surface area (Å²) < 4.78 is 31.9. The van der Waals surface area contributed by atoms with E-state index >= 15 is 0 Å². The lowest BCUT2D eigenvalue weighted by Gasteiger charge is -2.10. The lowest BCUT2D eigenvalue weighted by Crippen LogP contribution is -2.23. The molecule has 0 unspecified atom stereocenters. The van der Waals surface area contributed by atoms with Gasteiger partial charge >= 0.3 is 5.97 Å². The molecule has 0 fully saturated rings. The van der Waals surface area contributed by atoms with Crippen molar-refractivity contribution in [2.75, 3.05) is 6.54 Å². The minimum Gasteiger partial charge on any atom is -0.457 e.